The number of esters is 1. The van der Waals surface area contributed by atoms with E-state index in [-0.39, 0.29) is 11.1 Å². The second-order valence-corrected chi connectivity index (χ2v) is 7.41. The van der Waals surface area contributed by atoms with Gasteiger partial charge in [-0.25, -0.2) is 4.79 Å². The average Bonchev–Trinajstić information content (AvgIpc) is 2.85. The van der Waals surface area contributed by atoms with Crippen LogP contribution in [-0.2, 0) is 16.0 Å². The Morgan fingerprint density at radius 2 is 1.76 bits per heavy atom. The van der Waals surface area contributed by atoms with Crippen molar-refractivity contribution in [2.24, 2.45) is 0 Å². The van der Waals surface area contributed by atoms with Crippen molar-refractivity contribution in [3.05, 3.63) is 99.7 Å². The summed E-state index contributed by atoms with van der Waals surface area (Å²) in [5, 5.41) is 10.9. The molecule has 4 rings (SSSR count). The molecule has 0 spiro atoms. The Morgan fingerprint density at radius 3 is 2.42 bits per heavy atom. The van der Waals surface area contributed by atoms with E-state index < -0.39 is 17.1 Å². The lowest BCUT2D eigenvalue weighted by atomic mass is 9.98. The van der Waals surface area contributed by atoms with Crippen LogP contribution in [0, 0.1) is 0 Å². The minimum atomic E-state index is -0.551. The van der Waals surface area contributed by atoms with Crippen molar-refractivity contribution in [2.45, 2.75) is 6.42 Å². The molecule has 4 aromatic rings. The van der Waals surface area contributed by atoms with E-state index in [4.69, 9.17) is 9.15 Å². The summed E-state index contributed by atoms with van der Waals surface area (Å²) >= 11 is 0. The second kappa shape index (κ2) is 9.44. The highest BCUT2D eigenvalue weighted by molar-refractivity contribution is 5.90. The summed E-state index contributed by atoms with van der Waals surface area (Å²) in [6.45, 7) is 0. The lowest BCUT2D eigenvalue weighted by Crippen LogP contribution is -2.05. The third-order valence-corrected chi connectivity index (χ3v) is 5.27. The van der Waals surface area contributed by atoms with E-state index >= 15 is 0 Å². The van der Waals surface area contributed by atoms with Gasteiger partial charge in [0.1, 0.15) is 11.3 Å². The van der Waals surface area contributed by atoms with Gasteiger partial charge in [0.25, 0.3) is 0 Å². The Balaban J connectivity index is 1.93. The van der Waals surface area contributed by atoms with E-state index in [1.165, 1.54) is 13.2 Å². The first-order valence-electron chi connectivity index (χ1n) is 10.3. The van der Waals surface area contributed by atoms with Crippen molar-refractivity contribution in [1.82, 2.24) is 0 Å². The Kier molecular flexibility index (Phi) is 6.26. The molecule has 0 saturated heterocycles. The smallest absolute Gasteiger partial charge is 0.330 e. The molecule has 3 aromatic carbocycles. The number of benzene rings is 3. The minimum Gasteiger partial charge on any atom is -0.502 e. The first kappa shape index (κ1) is 21.9. The van der Waals surface area contributed by atoms with Crippen molar-refractivity contribution < 1.29 is 23.8 Å². The van der Waals surface area contributed by atoms with Gasteiger partial charge in [-0.1, -0.05) is 30.3 Å². The van der Waals surface area contributed by atoms with Gasteiger partial charge >= 0.3 is 5.97 Å². The zero-order valence-electron chi connectivity index (χ0n) is 18.2. The molecular formula is C27H22O6. The van der Waals surface area contributed by atoms with Crippen molar-refractivity contribution >= 4 is 23.0 Å². The van der Waals surface area contributed by atoms with Crippen LogP contribution in [0.1, 0.15) is 16.7 Å². The molecule has 1 heterocycles. The van der Waals surface area contributed by atoms with Crippen molar-refractivity contribution in [3.63, 3.8) is 0 Å². The Morgan fingerprint density at radius 1 is 1.03 bits per heavy atom. The van der Waals surface area contributed by atoms with E-state index in [9.17, 15) is 14.7 Å². The van der Waals surface area contributed by atoms with Gasteiger partial charge in [0.2, 0.25) is 11.2 Å². The molecule has 166 valence electrons. The fraction of sp³-hybridized carbons (Fsp3) is 0.111. The summed E-state index contributed by atoms with van der Waals surface area (Å²) in [4.78, 5) is 24.7. The first-order valence-corrected chi connectivity index (χ1v) is 10.3. The summed E-state index contributed by atoms with van der Waals surface area (Å²) in [6.07, 6.45) is 3.33. The van der Waals surface area contributed by atoms with E-state index in [1.54, 1.807) is 43.5 Å². The van der Waals surface area contributed by atoms with E-state index in [0.29, 0.717) is 28.9 Å². The molecule has 0 fully saturated rings. The van der Waals surface area contributed by atoms with E-state index in [0.717, 1.165) is 11.1 Å². The molecule has 0 radical (unpaired) electrons. The molecule has 0 aliphatic rings. The SMILES string of the molecule is COC(=O)/C=C/c1cc(Cc2ccccc2)c2oc(-c3ccc(OC)cc3)c(O)c(=O)c2c1. The lowest BCUT2D eigenvalue weighted by molar-refractivity contribution is -0.134. The van der Waals surface area contributed by atoms with Crippen LogP contribution in [0.5, 0.6) is 11.5 Å². The van der Waals surface area contributed by atoms with E-state index in [1.807, 2.05) is 36.4 Å². The number of ether oxygens (including phenoxy) is 2. The fourth-order valence-electron chi connectivity index (χ4n) is 3.60. The highest BCUT2D eigenvalue weighted by Crippen LogP contribution is 2.33. The number of hydrogen-bond acceptors (Lipinski definition) is 6. The minimum absolute atomic E-state index is 0.0855. The van der Waals surface area contributed by atoms with Crippen LogP contribution in [0.25, 0.3) is 28.4 Å². The summed E-state index contributed by atoms with van der Waals surface area (Å²) in [6, 6.07) is 20.1. The van der Waals surface area contributed by atoms with Crippen LogP contribution in [-0.4, -0.2) is 25.3 Å². The van der Waals surface area contributed by atoms with Gasteiger partial charge in [0.05, 0.1) is 19.6 Å². The van der Waals surface area contributed by atoms with Gasteiger partial charge < -0.3 is 19.0 Å². The third-order valence-electron chi connectivity index (χ3n) is 5.27. The van der Waals surface area contributed by atoms with Crippen LogP contribution < -0.4 is 10.2 Å². The summed E-state index contributed by atoms with van der Waals surface area (Å²) in [5.74, 6) is -0.257. The summed E-state index contributed by atoms with van der Waals surface area (Å²) in [7, 11) is 2.85. The van der Waals surface area contributed by atoms with Gasteiger partial charge in [-0.05, 0) is 53.6 Å². The number of rotatable bonds is 6. The van der Waals surface area contributed by atoms with Crippen LogP contribution in [0.2, 0.25) is 0 Å². The molecule has 0 saturated carbocycles. The largest absolute Gasteiger partial charge is 0.502 e. The number of carbonyl (C=O) groups excluding carboxylic acids is 1. The molecule has 33 heavy (non-hydrogen) atoms. The normalized spacial score (nSPS) is 11.1. The lowest BCUT2D eigenvalue weighted by Gasteiger charge is -2.12. The number of carbonyl (C=O) groups is 1. The zero-order valence-corrected chi connectivity index (χ0v) is 18.2. The van der Waals surface area contributed by atoms with E-state index in [2.05, 4.69) is 4.74 Å². The Bertz CT molecular complexity index is 1380. The molecule has 0 amide bonds. The van der Waals surface area contributed by atoms with Crippen LogP contribution in [0.4, 0.5) is 0 Å². The molecule has 0 bridgehead atoms. The number of methoxy groups -OCH3 is 2. The van der Waals surface area contributed by atoms with Crippen molar-refractivity contribution in [3.8, 4) is 22.8 Å². The molecule has 0 atom stereocenters. The Hall–Kier alpha value is -4.32. The number of hydrogen-bond donors (Lipinski definition) is 1. The van der Waals surface area contributed by atoms with Crippen LogP contribution in [0.3, 0.4) is 0 Å². The predicted molar refractivity (Wildman–Crippen MR) is 126 cm³/mol. The molecule has 1 aromatic heterocycles. The highest BCUT2D eigenvalue weighted by atomic mass is 16.5. The van der Waals surface area contributed by atoms with Gasteiger partial charge in [0.15, 0.2) is 5.76 Å². The van der Waals surface area contributed by atoms with Gasteiger partial charge in [0, 0.05) is 23.6 Å². The zero-order chi connectivity index (χ0) is 23.4. The average molecular weight is 442 g/mol. The maximum atomic E-state index is 13.1. The fourth-order valence-corrected chi connectivity index (χ4v) is 3.60. The maximum absolute atomic E-state index is 13.1. The molecule has 6 nitrogen and oxygen atoms in total. The topological polar surface area (TPSA) is 86.0 Å². The van der Waals surface area contributed by atoms with Gasteiger partial charge in [-0.15, -0.1) is 0 Å². The summed E-state index contributed by atoms with van der Waals surface area (Å²) < 4.78 is 16.0. The predicted octanol–water partition coefficient (Wildman–Crippen LogP) is 4.95. The molecular weight excluding hydrogens is 420 g/mol. The quantitative estimate of drug-likeness (QED) is 0.336. The maximum Gasteiger partial charge on any atom is 0.330 e. The monoisotopic (exact) mass is 442 g/mol. The van der Waals surface area contributed by atoms with Crippen LogP contribution >= 0.6 is 0 Å². The standard InChI is InChI=1S/C27H22O6/c1-31-21-11-9-19(10-12-21)27-25(30)24(29)22-16-18(8-13-23(28)32-2)15-20(26(22)33-27)14-17-6-4-3-5-7-17/h3-13,15-16,30H,14H2,1-2H3/b13-8+. The molecule has 0 unspecified atom stereocenters. The van der Waals surface area contributed by atoms with Gasteiger partial charge in [-0.3, -0.25) is 4.79 Å². The summed E-state index contributed by atoms with van der Waals surface area (Å²) in [5.41, 5.74) is 2.76. The van der Waals surface area contributed by atoms with Crippen molar-refractivity contribution in [1.29, 1.82) is 0 Å². The molecule has 0 aliphatic heterocycles. The number of aromatic hydroxyl groups is 1. The molecule has 0 aliphatic carbocycles. The second-order valence-electron chi connectivity index (χ2n) is 7.41. The molecule has 6 heteroatoms. The highest BCUT2D eigenvalue weighted by Gasteiger charge is 2.18. The number of fused-ring (bicyclic) bond motifs is 1. The Labute approximate surface area is 190 Å². The first-order chi connectivity index (χ1) is 16.0. The third kappa shape index (κ3) is 4.65. The van der Waals surface area contributed by atoms with Crippen molar-refractivity contribution in [2.75, 3.05) is 14.2 Å². The van der Waals surface area contributed by atoms with Crippen LogP contribution in [0.15, 0.2) is 82.0 Å². The van der Waals surface area contributed by atoms with Gasteiger partial charge in [-0.2, -0.15) is 0 Å². The molecule has 1 N–H and O–H groups in total.